The molecule has 0 radical (unpaired) electrons. The van der Waals surface area contributed by atoms with Crippen LogP contribution in [0.25, 0.3) is 0 Å². The zero-order valence-corrected chi connectivity index (χ0v) is 14.1. The number of nitrogens with one attached hydrogen (secondary N) is 1. The molecule has 2 aliphatic rings. The van der Waals surface area contributed by atoms with Gasteiger partial charge in [0.2, 0.25) is 0 Å². The summed E-state index contributed by atoms with van der Waals surface area (Å²) in [7, 11) is 3.56. The Morgan fingerprint density at radius 2 is 2.17 bits per heavy atom. The number of carbonyl (C=O) groups is 1. The van der Waals surface area contributed by atoms with E-state index in [9.17, 15) is 4.79 Å². The van der Waals surface area contributed by atoms with Crippen molar-refractivity contribution in [1.29, 1.82) is 0 Å². The van der Waals surface area contributed by atoms with E-state index < -0.39 is 0 Å². The number of urea groups is 1. The molecular formula is C18H27N3O2. The van der Waals surface area contributed by atoms with E-state index in [1.54, 1.807) is 19.0 Å². The van der Waals surface area contributed by atoms with Crippen LogP contribution in [-0.2, 0) is 11.3 Å². The lowest BCUT2D eigenvalue weighted by Gasteiger charge is -2.38. The predicted molar refractivity (Wildman–Crippen MR) is 90.3 cm³/mol. The lowest BCUT2D eigenvalue weighted by molar-refractivity contribution is -0.0792. The number of ether oxygens (including phenoxy) is 1. The van der Waals surface area contributed by atoms with E-state index in [1.807, 2.05) is 0 Å². The van der Waals surface area contributed by atoms with Gasteiger partial charge in [0.15, 0.2) is 0 Å². The SMILES string of the molecule is CN(C)C(=O)N[C@@H]1CCO[C@]2(CCN(Cc3ccccc3)C2)C1. The number of rotatable bonds is 3. The Bertz CT molecular complexity index is 534. The minimum atomic E-state index is -0.0860. The first kappa shape index (κ1) is 16.3. The van der Waals surface area contributed by atoms with Crippen molar-refractivity contribution in [3.05, 3.63) is 35.9 Å². The maximum Gasteiger partial charge on any atom is 0.317 e. The van der Waals surface area contributed by atoms with Crippen LogP contribution in [-0.4, -0.2) is 61.3 Å². The fourth-order valence-electron chi connectivity index (χ4n) is 3.64. The van der Waals surface area contributed by atoms with E-state index >= 15 is 0 Å². The standard InChI is InChI=1S/C18H27N3O2/c1-20(2)17(22)19-16-8-11-23-18(12-16)9-10-21(14-18)13-15-6-4-3-5-7-15/h3-7,16H,8-14H2,1-2H3,(H,19,22)/t16-,18-/m1/s1. The highest BCUT2D eigenvalue weighted by Gasteiger charge is 2.43. The molecule has 1 aromatic rings. The van der Waals surface area contributed by atoms with Crippen LogP contribution in [0.5, 0.6) is 0 Å². The van der Waals surface area contributed by atoms with E-state index in [-0.39, 0.29) is 17.7 Å². The molecule has 2 saturated heterocycles. The second-order valence-corrected chi connectivity index (χ2v) is 7.01. The van der Waals surface area contributed by atoms with E-state index in [4.69, 9.17) is 4.74 Å². The third-order valence-electron chi connectivity index (χ3n) is 4.87. The monoisotopic (exact) mass is 317 g/mol. The first-order valence-electron chi connectivity index (χ1n) is 8.44. The van der Waals surface area contributed by atoms with Gasteiger partial charge in [-0.05, 0) is 24.8 Å². The van der Waals surface area contributed by atoms with E-state index in [0.29, 0.717) is 0 Å². The van der Waals surface area contributed by atoms with Crippen LogP contribution in [0.1, 0.15) is 24.8 Å². The summed E-state index contributed by atoms with van der Waals surface area (Å²) in [6.45, 7) is 3.72. The van der Waals surface area contributed by atoms with Gasteiger partial charge >= 0.3 is 6.03 Å². The second-order valence-electron chi connectivity index (χ2n) is 7.01. The van der Waals surface area contributed by atoms with Crippen molar-refractivity contribution in [1.82, 2.24) is 15.1 Å². The Kier molecular flexibility index (Phi) is 4.87. The van der Waals surface area contributed by atoms with Crippen LogP contribution >= 0.6 is 0 Å². The molecule has 1 spiro atoms. The molecule has 2 fully saturated rings. The summed E-state index contributed by atoms with van der Waals surface area (Å²) in [6.07, 6.45) is 2.87. The number of benzene rings is 1. The van der Waals surface area contributed by atoms with Crippen molar-refractivity contribution < 1.29 is 9.53 Å². The summed E-state index contributed by atoms with van der Waals surface area (Å²) in [6, 6.07) is 10.8. The Labute approximate surface area is 138 Å². The van der Waals surface area contributed by atoms with Crippen LogP contribution in [0.15, 0.2) is 30.3 Å². The van der Waals surface area contributed by atoms with Crippen molar-refractivity contribution in [2.45, 2.75) is 37.5 Å². The zero-order valence-electron chi connectivity index (χ0n) is 14.1. The molecule has 0 saturated carbocycles. The number of nitrogens with zero attached hydrogens (tertiary/aromatic N) is 2. The number of hydrogen-bond donors (Lipinski definition) is 1. The predicted octanol–water partition coefficient (Wildman–Crippen LogP) is 2.08. The summed E-state index contributed by atoms with van der Waals surface area (Å²) in [5.74, 6) is 0. The van der Waals surface area contributed by atoms with Crippen molar-refractivity contribution in [3.8, 4) is 0 Å². The van der Waals surface area contributed by atoms with Crippen molar-refractivity contribution in [3.63, 3.8) is 0 Å². The van der Waals surface area contributed by atoms with Gasteiger partial charge in [0.1, 0.15) is 0 Å². The fraction of sp³-hybridized carbons (Fsp3) is 0.611. The summed E-state index contributed by atoms with van der Waals surface area (Å²) in [4.78, 5) is 15.9. The molecule has 2 aliphatic heterocycles. The Hall–Kier alpha value is -1.59. The molecule has 2 heterocycles. The molecule has 2 atom stereocenters. The lowest BCUT2D eigenvalue weighted by Crippen LogP contribution is -2.51. The summed E-state index contributed by atoms with van der Waals surface area (Å²) >= 11 is 0. The Balaban J connectivity index is 1.56. The quantitative estimate of drug-likeness (QED) is 0.928. The molecule has 0 bridgehead atoms. The molecule has 3 rings (SSSR count). The first-order valence-corrected chi connectivity index (χ1v) is 8.44. The number of carbonyl (C=O) groups excluding carboxylic acids is 1. The highest BCUT2D eigenvalue weighted by molar-refractivity contribution is 5.73. The van der Waals surface area contributed by atoms with E-state index in [1.165, 1.54) is 5.56 Å². The van der Waals surface area contributed by atoms with Crippen LogP contribution in [0.3, 0.4) is 0 Å². The minimum Gasteiger partial charge on any atom is -0.373 e. The van der Waals surface area contributed by atoms with Gasteiger partial charge in [0.05, 0.1) is 5.60 Å². The average molecular weight is 317 g/mol. The molecule has 0 unspecified atom stereocenters. The van der Waals surface area contributed by atoms with Crippen LogP contribution < -0.4 is 5.32 Å². The number of hydrogen-bond acceptors (Lipinski definition) is 3. The maximum atomic E-state index is 11.9. The summed E-state index contributed by atoms with van der Waals surface area (Å²) in [5.41, 5.74) is 1.26. The van der Waals surface area contributed by atoms with Gasteiger partial charge in [0, 0.05) is 46.4 Å². The molecule has 5 nitrogen and oxygen atoms in total. The van der Waals surface area contributed by atoms with Crippen molar-refractivity contribution >= 4 is 6.03 Å². The maximum absolute atomic E-state index is 11.9. The van der Waals surface area contributed by atoms with Crippen LogP contribution in [0.2, 0.25) is 0 Å². The molecule has 126 valence electrons. The average Bonchev–Trinajstić information content (AvgIpc) is 2.90. The Morgan fingerprint density at radius 3 is 2.91 bits per heavy atom. The highest BCUT2D eigenvalue weighted by atomic mass is 16.5. The first-order chi connectivity index (χ1) is 11.1. The molecule has 23 heavy (non-hydrogen) atoms. The third-order valence-corrected chi connectivity index (χ3v) is 4.87. The normalized spacial score (nSPS) is 28.0. The van der Waals surface area contributed by atoms with Gasteiger partial charge in [-0.25, -0.2) is 4.79 Å². The highest BCUT2D eigenvalue weighted by Crippen LogP contribution is 2.34. The second kappa shape index (κ2) is 6.89. The van der Waals surface area contributed by atoms with Crippen molar-refractivity contribution in [2.75, 3.05) is 33.8 Å². The topological polar surface area (TPSA) is 44.8 Å². The largest absolute Gasteiger partial charge is 0.373 e. The van der Waals surface area contributed by atoms with E-state index in [0.717, 1.165) is 45.5 Å². The fourth-order valence-corrected chi connectivity index (χ4v) is 3.64. The van der Waals surface area contributed by atoms with Crippen molar-refractivity contribution in [2.24, 2.45) is 0 Å². The number of amides is 2. The lowest BCUT2D eigenvalue weighted by atomic mass is 9.89. The molecule has 1 aromatic carbocycles. The third kappa shape index (κ3) is 4.03. The summed E-state index contributed by atoms with van der Waals surface area (Å²) in [5, 5.41) is 3.12. The molecule has 0 aromatic heterocycles. The van der Waals surface area contributed by atoms with Crippen LogP contribution in [0, 0.1) is 0 Å². The van der Waals surface area contributed by atoms with Gasteiger partial charge in [-0.1, -0.05) is 30.3 Å². The molecule has 1 N–H and O–H groups in total. The minimum absolute atomic E-state index is 0.00816. The summed E-state index contributed by atoms with van der Waals surface area (Å²) < 4.78 is 6.16. The number of likely N-dealkylation sites (tertiary alicyclic amines) is 1. The zero-order chi connectivity index (χ0) is 16.3. The molecule has 0 aliphatic carbocycles. The molecule has 2 amide bonds. The van der Waals surface area contributed by atoms with Gasteiger partial charge < -0.3 is 15.0 Å². The molecule has 5 heteroatoms. The van der Waals surface area contributed by atoms with Crippen LogP contribution in [0.4, 0.5) is 4.79 Å². The van der Waals surface area contributed by atoms with Gasteiger partial charge in [-0.15, -0.1) is 0 Å². The molecular weight excluding hydrogens is 290 g/mol. The smallest absolute Gasteiger partial charge is 0.317 e. The van der Waals surface area contributed by atoms with Gasteiger partial charge in [-0.2, -0.15) is 0 Å². The van der Waals surface area contributed by atoms with Gasteiger partial charge in [-0.3, -0.25) is 4.90 Å². The van der Waals surface area contributed by atoms with E-state index in [2.05, 4.69) is 40.5 Å². The van der Waals surface area contributed by atoms with Gasteiger partial charge in [0.25, 0.3) is 0 Å². The Morgan fingerprint density at radius 1 is 1.39 bits per heavy atom.